The van der Waals surface area contributed by atoms with Crippen LogP contribution in [0.1, 0.15) is 24.5 Å². The average molecular weight is 428 g/mol. The van der Waals surface area contributed by atoms with E-state index in [0.29, 0.717) is 13.0 Å². The number of nitrogens with zero attached hydrogens (tertiary/aromatic N) is 3. The molecule has 0 atom stereocenters. The first-order chi connectivity index (χ1) is 14.8. The Kier molecular flexibility index (Phi) is 5.26. The molecule has 31 heavy (non-hydrogen) atoms. The summed E-state index contributed by atoms with van der Waals surface area (Å²) >= 11 is 0. The Morgan fingerprint density at radius 2 is 1.74 bits per heavy atom. The second-order valence-corrected chi connectivity index (χ2v) is 7.17. The second kappa shape index (κ2) is 7.90. The number of nitrogens with one attached hydrogen (secondary N) is 1. The van der Waals surface area contributed by atoms with Crippen molar-refractivity contribution in [2.45, 2.75) is 32.6 Å². The third-order valence-corrected chi connectivity index (χ3v) is 4.96. The van der Waals surface area contributed by atoms with E-state index in [-0.39, 0.29) is 29.1 Å². The molecule has 0 aliphatic carbocycles. The number of benzene rings is 2. The first kappa shape index (κ1) is 20.6. The summed E-state index contributed by atoms with van der Waals surface area (Å²) in [6, 6.07) is 14.0. The predicted octanol–water partition coefficient (Wildman–Crippen LogP) is 4.03. The Morgan fingerprint density at radius 3 is 2.42 bits per heavy atom. The molecule has 9 heteroatoms. The van der Waals surface area contributed by atoms with Gasteiger partial charge in [-0.1, -0.05) is 49.4 Å². The summed E-state index contributed by atoms with van der Waals surface area (Å²) in [4.78, 5) is 32.0. The van der Waals surface area contributed by atoms with Gasteiger partial charge in [0.15, 0.2) is 11.2 Å². The quantitative estimate of drug-likeness (QED) is 0.522. The number of aromatic amines is 1. The molecule has 160 valence electrons. The molecule has 6 nitrogen and oxygen atoms in total. The van der Waals surface area contributed by atoms with Gasteiger partial charge in [-0.3, -0.25) is 14.3 Å². The van der Waals surface area contributed by atoms with Crippen molar-refractivity contribution in [2.24, 2.45) is 0 Å². The van der Waals surface area contributed by atoms with Crippen LogP contribution in [0.4, 0.5) is 13.2 Å². The van der Waals surface area contributed by atoms with Gasteiger partial charge >= 0.3 is 11.9 Å². The van der Waals surface area contributed by atoms with E-state index < -0.39 is 23.0 Å². The molecule has 0 radical (unpaired) electrons. The number of aryl methyl sites for hydroxylation is 1. The highest BCUT2D eigenvalue weighted by Crippen LogP contribution is 2.32. The van der Waals surface area contributed by atoms with Crippen molar-refractivity contribution in [3.8, 4) is 11.4 Å². The zero-order valence-electron chi connectivity index (χ0n) is 16.6. The van der Waals surface area contributed by atoms with E-state index in [0.717, 1.165) is 17.7 Å². The van der Waals surface area contributed by atoms with Gasteiger partial charge in [0, 0.05) is 12.1 Å². The van der Waals surface area contributed by atoms with Crippen molar-refractivity contribution in [3.05, 3.63) is 86.6 Å². The summed E-state index contributed by atoms with van der Waals surface area (Å²) < 4.78 is 42.6. The smallest absolute Gasteiger partial charge is 0.318 e. The lowest BCUT2D eigenvalue weighted by atomic mass is 10.1. The number of hydrogen-bond acceptors (Lipinski definition) is 3. The average Bonchev–Trinajstić information content (AvgIpc) is 3.11. The molecule has 0 fully saturated rings. The fourth-order valence-electron chi connectivity index (χ4n) is 3.58. The third-order valence-electron chi connectivity index (χ3n) is 4.96. The summed E-state index contributed by atoms with van der Waals surface area (Å²) in [7, 11) is 0. The largest absolute Gasteiger partial charge is 0.416 e. The van der Waals surface area contributed by atoms with E-state index >= 15 is 0 Å². The van der Waals surface area contributed by atoms with Gasteiger partial charge in [0.1, 0.15) is 5.82 Å². The maximum absolute atomic E-state index is 13.2. The number of rotatable bonds is 5. The SMILES string of the molecule is CCCn1c(-c2cccc(C(F)(F)F)c2)nc2c1c(=O)[nH]c(=O)n2Cc1ccccc1. The monoisotopic (exact) mass is 428 g/mol. The zero-order chi connectivity index (χ0) is 22.2. The Balaban J connectivity index is 1.98. The maximum Gasteiger partial charge on any atom is 0.416 e. The van der Waals surface area contributed by atoms with Gasteiger partial charge < -0.3 is 4.57 Å². The highest BCUT2D eigenvalue weighted by Gasteiger charge is 2.31. The van der Waals surface area contributed by atoms with Crippen LogP contribution in [0.2, 0.25) is 0 Å². The van der Waals surface area contributed by atoms with Crippen molar-refractivity contribution in [1.82, 2.24) is 19.1 Å². The number of halogens is 3. The lowest BCUT2D eigenvalue weighted by molar-refractivity contribution is -0.137. The highest BCUT2D eigenvalue weighted by atomic mass is 19.4. The van der Waals surface area contributed by atoms with Gasteiger partial charge in [-0.2, -0.15) is 13.2 Å². The molecule has 0 aliphatic heterocycles. The number of hydrogen-bond donors (Lipinski definition) is 1. The van der Waals surface area contributed by atoms with E-state index in [1.165, 1.54) is 16.7 Å². The summed E-state index contributed by atoms with van der Waals surface area (Å²) in [6.07, 6.45) is -3.89. The van der Waals surface area contributed by atoms with E-state index in [4.69, 9.17) is 0 Å². The van der Waals surface area contributed by atoms with Crippen molar-refractivity contribution in [1.29, 1.82) is 0 Å². The Morgan fingerprint density at radius 1 is 1.00 bits per heavy atom. The first-order valence-corrected chi connectivity index (χ1v) is 9.74. The molecule has 0 unspecified atom stereocenters. The van der Waals surface area contributed by atoms with Gasteiger partial charge in [0.05, 0.1) is 12.1 Å². The van der Waals surface area contributed by atoms with Crippen LogP contribution in [-0.2, 0) is 19.3 Å². The summed E-state index contributed by atoms with van der Waals surface area (Å²) in [5.74, 6) is 0.209. The molecule has 0 bridgehead atoms. The van der Waals surface area contributed by atoms with Crippen molar-refractivity contribution in [2.75, 3.05) is 0 Å². The minimum Gasteiger partial charge on any atom is -0.318 e. The van der Waals surface area contributed by atoms with E-state index in [1.807, 2.05) is 37.3 Å². The van der Waals surface area contributed by atoms with Crippen LogP contribution in [0.15, 0.2) is 64.2 Å². The number of H-pyrrole nitrogens is 1. The molecule has 4 rings (SSSR count). The van der Waals surface area contributed by atoms with Crippen LogP contribution in [-0.4, -0.2) is 19.1 Å². The third kappa shape index (κ3) is 3.90. The number of imidazole rings is 1. The van der Waals surface area contributed by atoms with Crippen LogP contribution in [0.3, 0.4) is 0 Å². The molecular weight excluding hydrogens is 409 g/mol. The molecule has 0 spiro atoms. The maximum atomic E-state index is 13.2. The lowest BCUT2D eigenvalue weighted by Gasteiger charge is -2.10. The minimum atomic E-state index is -4.51. The van der Waals surface area contributed by atoms with Crippen LogP contribution in [0.5, 0.6) is 0 Å². The van der Waals surface area contributed by atoms with E-state index in [1.54, 1.807) is 4.57 Å². The first-order valence-electron chi connectivity index (χ1n) is 9.74. The normalized spacial score (nSPS) is 11.9. The number of fused-ring (bicyclic) bond motifs is 1. The standard InChI is InChI=1S/C22H19F3N4O2/c1-2-11-28-17-19(26-18(28)15-9-6-10-16(12-15)22(23,24)25)29(21(31)27-20(17)30)13-14-7-4-3-5-8-14/h3-10,12H,2,11,13H2,1H3,(H,27,30,31). The molecular formula is C22H19F3N4O2. The van der Waals surface area contributed by atoms with E-state index in [9.17, 15) is 22.8 Å². The minimum absolute atomic E-state index is 0.137. The highest BCUT2D eigenvalue weighted by molar-refractivity contribution is 5.77. The van der Waals surface area contributed by atoms with Gasteiger partial charge in [-0.25, -0.2) is 9.78 Å². The molecule has 0 amide bonds. The Bertz CT molecular complexity index is 1350. The number of alkyl halides is 3. The van der Waals surface area contributed by atoms with Crippen molar-refractivity contribution < 1.29 is 13.2 Å². The summed E-state index contributed by atoms with van der Waals surface area (Å²) in [5, 5.41) is 0. The number of aromatic nitrogens is 4. The molecule has 0 aliphatic rings. The van der Waals surface area contributed by atoms with Gasteiger partial charge in [0.25, 0.3) is 5.56 Å². The van der Waals surface area contributed by atoms with Crippen LogP contribution in [0.25, 0.3) is 22.6 Å². The fourth-order valence-corrected chi connectivity index (χ4v) is 3.58. The Hall–Kier alpha value is -3.62. The second-order valence-electron chi connectivity index (χ2n) is 7.17. The van der Waals surface area contributed by atoms with Gasteiger partial charge in [-0.15, -0.1) is 0 Å². The molecule has 2 aromatic heterocycles. The van der Waals surface area contributed by atoms with Crippen LogP contribution < -0.4 is 11.2 Å². The molecule has 1 N–H and O–H groups in total. The zero-order valence-corrected chi connectivity index (χ0v) is 16.6. The van der Waals surface area contributed by atoms with E-state index in [2.05, 4.69) is 9.97 Å². The molecule has 2 aromatic carbocycles. The van der Waals surface area contributed by atoms with Gasteiger partial charge in [-0.05, 0) is 24.1 Å². The Labute approximate surface area is 174 Å². The van der Waals surface area contributed by atoms with Crippen molar-refractivity contribution in [3.63, 3.8) is 0 Å². The predicted molar refractivity (Wildman–Crippen MR) is 111 cm³/mol. The topological polar surface area (TPSA) is 72.7 Å². The molecule has 2 heterocycles. The molecule has 0 saturated carbocycles. The lowest BCUT2D eigenvalue weighted by Crippen LogP contribution is -2.31. The summed E-state index contributed by atoms with van der Waals surface area (Å²) in [5.41, 5.74) is -0.721. The van der Waals surface area contributed by atoms with Crippen LogP contribution >= 0.6 is 0 Å². The summed E-state index contributed by atoms with van der Waals surface area (Å²) in [6.45, 7) is 2.41. The van der Waals surface area contributed by atoms with Crippen molar-refractivity contribution >= 4 is 11.2 Å². The molecule has 0 saturated heterocycles. The van der Waals surface area contributed by atoms with Gasteiger partial charge in [0.2, 0.25) is 0 Å². The molecule has 4 aromatic rings. The fraction of sp³-hybridized carbons (Fsp3) is 0.227. The van der Waals surface area contributed by atoms with Crippen LogP contribution in [0, 0.1) is 0 Å².